The van der Waals surface area contributed by atoms with Crippen LogP contribution in [0.1, 0.15) is 26.2 Å². The molecule has 0 spiro atoms. The van der Waals surface area contributed by atoms with E-state index in [4.69, 9.17) is 9.47 Å². The SMILES string of the molecule is CCCNC(COc1ccc(OC)cc1)C1CC1. The van der Waals surface area contributed by atoms with Crippen LogP contribution in [-0.2, 0) is 0 Å². The van der Waals surface area contributed by atoms with Crippen LogP contribution < -0.4 is 14.8 Å². The van der Waals surface area contributed by atoms with Crippen LogP contribution in [0.5, 0.6) is 11.5 Å². The van der Waals surface area contributed by atoms with Gasteiger partial charge in [0.1, 0.15) is 18.1 Å². The first-order valence-corrected chi connectivity index (χ1v) is 6.83. The summed E-state index contributed by atoms with van der Waals surface area (Å²) in [6, 6.07) is 8.29. The molecule has 1 unspecified atom stereocenters. The molecule has 1 aromatic rings. The summed E-state index contributed by atoms with van der Waals surface area (Å²) >= 11 is 0. The molecule has 0 heterocycles. The second-order valence-corrected chi connectivity index (χ2v) is 4.88. The predicted molar refractivity (Wildman–Crippen MR) is 73.3 cm³/mol. The molecule has 1 aliphatic rings. The molecule has 0 bridgehead atoms. The molecule has 18 heavy (non-hydrogen) atoms. The van der Waals surface area contributed by atoms with Crippen molar-refractivity contribution in [2.75, 3.05) is 20.3 Å². The van der Waals surface area contributed by atoms with Crippen LogP contribution in [0.25, 0.3) is 0 Å². The van der Waals surface area contributed by atoms with Crippen molar-refractivity contribution in [1.29, 1.82) is 0 Å². The number of hydrogen-bond acceptors (Lipinski definition) is 3. The third-order valence-corrected chi connectivity index (χ3v) is 3.34. The summed E-state index contributed by atoms with van der Waals surface area (Å²) in [5.41, 5.74) is 0. The molecule has 0 aliphatic heterocycles. The first kappa shape index (κ1) is 13.2. The molecule has 0 amide bonds. The maximum Gasteiger partial charge on any atom is 0.119 e. The Morgan fingerprint density at radius 2 is 1.89 bits per heavy atom. The van der Waals surface area contributed by atoms with Gasteiger partial charge in [-0.3, -0.25) is 0 Å². The Morgan fingerprint density at radius 1 is 1.22 bits per heavy atom. The molecule has 0 aromatic heterocycles. The van der Waals surface area contributed by atoms with Crippen LogP contribution in [0.4, 0.5) is 0 Å². The van der Waals surface area contributed by atoms with Gasteiger partial charge in [0.25, 0.3) is 0 Å². The fourth-order valence-corrected chi connectivity index (χ4v) is 2.05. The molecule has 2 rings (SSSR count). The molecule has 1 fully saturated rings. The Kier molecular flexibility index (Phi) is 4.88. The highest BCUT2D eigenvalue weighted by molar-refractivity contribution is 5.31. The van der Waals surface area contributed by atoms with Crippen molar-refractivity contribution in [3.63, 3.8) is 0 Å². The molecule has 0 saturated heterocycles. The lowest BCUT2D eigenvalue weighted by Gasteiger charge is -2.18. The third kappa shape index (κ3) is 3.91. The summed E-state index contributed by atoms with van der Waals surface area (Å²) in [4.78, 5) is 0. The van der Waals surface area contributed by atoms with Crippen molar-refractivity contribution in [3.05, 3.63) is 24.3 Å². The van der Waals surface area contributed by atoms with Crippen molar-refractivity contribution in [1.82, 2.24) is 5.32 Å². The predicted octanol–water partition coefficient (Wildman–Crippen LogP) is 2.85. The zero-order valence-corrected chi connectivity index (χ0v) is 11.3. The highest BCUT2D eigenvalue weighted by Gasteiger charge is 2.31. The Morgan fingerprint density at radius 3 is 2.44 bits per heavy atom. The molecule has 3 nitrogen and oxygen atoms in total. The molecular formula is C15H23NO2. The Bertz CT molecular complexity index is 346. The Balaban J connectivity index is 1.80. The molecule has 1 saturated carbocycles. The maximum atomic E-state index is 5.85. The molecular weight excluding hydrogens is 226 g/mol. The van der Waals surface area contributed by atoms with Gasteiger partial charge in [-0.1, -0.05) is 6.92 Å². The molecule has 1 aliphatic carbocycles. The highest BCUT2D eigenvalue weighted by Crippen LogP contribution is 2.33. The minimum atomic E-state index is 0.507. The summed E-state index contributed by atoms with van der Waals surface area (Å²) in [7, 11) is 1.67. The van der Waals surface area contributed by atoms with Gasteiger partial charge in [0.15, 0.2) is 0 Å². The van der Waals surface area contributed by atoms with Gasteiger partial charge in [0.05, 0.1) is 7.11 Å². The normalized spacial score (nSPS) is 16.3. The van der Waals surface area contributed by atoms with Gasteiger partial charge in [-0.2, -0.15) is 0 Å². The highest BCUT2D eigenvalue weighted by atomic mass is 16.5. The van der Waals surface area contributed by atoms with Crippen molar-refractivity contribution < 1.29 is 9.47 Å². The summed E-state index contributed by atoms with van der Waals surface area (Å²) in [5.74, 6) is 2.60. The smallest absolute Gasteiger partial charge is 0.119 e. The van der Waals surface area contributed by atoms with E-state index < -0.39 is 0 Å². The van der Waals surface area contributed by atoms with E-state index in [1.54, 1.807) is 7.11 Å². The maximum absolute atomic E-state index is 5.85. The fraction of sp³-hybridized carbons (Fsp3) is 0.600. The standard InChI is InChI=1S/C15H23NO2/c1-3-10-16-15(12-4-5-12)11-18-14-8-6-13(17-2)7-9-14/h6-9,12,15-16H,3-5,10-11H2,1-2H3. The van der Waals surface area contributed by atoms with E-state index in [-0.39, 0.29) is 0 Å². The topological polar surface area (TPSA) is 30.5 Å². The van der Waals surface area contributed by atoms with E-state index in [9.17, 15) is 0 Å². The number of methoxy groups -OCH3 is 1. The summed E-state index contributed by atoms with van der Waals surface area (Å²) in [5, 5.41) is 3.57. The van der Waals surface area contributed by atoms with E-state index in [2.05, 4.69) is 12.2 Å². The molecule has 0 radical (unpaired) electrons. The first-order chi connectivity index (χ1) is 8.83. The lowest BCUT2D eigenvalue weighted by Crippen LogP contribution is -2.37. The minimum absolute atomic E-state index is 0.507. The number of ether oxygens (including phenoxy) is 2. The number of benzene rings is 1. The van der Waals surface area contributed by atoms with Crippen molar-refractivity contribution >= 4 is 0 Å². The number of nitrogens with one attached hydrogen (secondary N) is 1. The largest absolute Gasteiger partial charge is 0.497 e. The van der Waals surface area contributed by atoms with Crippen LogP contribution in [0.15, 0.2) is 24.3 Å². The van der Waals surface area contributed by atoms with E-state index in [1.165, 1.54) is 19.3 Å². The minimum Gasteiger partial charge on any atom is -0.497 e. The Hall–Kier alpha value is -1.22. The average molecular weight is 249 g/mol. The van der Waals surface area contributed by atoms with Gasteiger partial charge >= 0.3 is 0 Å². The van der Waals surface area contributed by atoms with Crippen molar-refractivity contribution in [2.45, 2.75) is 32.2 Å². The third-order valence-electron chi connectivity index (χ3n) is 3.34. The second-order valence-electron chi connectivity index (χ2n) is 4.88. The average Bonchev–Trinajstić information content (AvgIpc) is 3.24. The van der Waals surface area contributed by atoms with E-state index in [0.717, 1.165) is 30.6 Å². The van der Waals surface area contributed by atoms with Gasteiger partial charge in [0, 0.05) is 6.04 Å². The van der Waals surface area contributed by atoms with Gasteiger partial charge < -0.3 is 14.8 Å². The van der Waals surface area contributed by atoms with E-state index in [1.807, 2.05) is 24.3 Å². The zero-order valence-electron chi connectivity index (χ0n) is 11.3. The summed E-state index contributed by atoms with van der Waals surface area (Å²) in [6.07, 6.45) is 3.85. The van der Waals surface area contributed by atoms with Crippen LogP contribution in [0, 0.1) is 5.92 Å². The van der Waals surface area contributed by atoms with Gasteiger partial charge in [-0.25, -0.2) is 0 Å². The van der Waals surface area contributed by atoms with Gasteiger partial charge in [-0.15, -0.1) is 0 Å². The van der Waals surface area contributed by atoms with E-state index >= 15 is 0 Å². The molecule has 1 N–H and O–H groups in total. The summed E-state index contributed by atoms with van der Waals surface area (Å²) < 4.78 is 11.0. The first-order valence-electron chi connectivity index (χ1n) is 6.83. The van der Waals surface area contributed by atoms with Crippen molar-refractivity contribution in [3.8, 4) is 11.5 Å². The molecule has 1 aromatic carbocycles. The van der Waals surface area contributed by atoms with E-state index in [0.29, 0.717) is 6.04 Å². The van der Waals surface area contributed by atoms with Gasteiger partial charge in [-0.05, 0) is 56.0 Å². The lowest BCUT2D eigenvalue weighted by atomic mass is 10.2. The van der Waals surface area contributed by atoms with Gasteiger partial charge in [0.2, 0.25) is 0 Å². The molecule has 1 atom stereocenters. The number of rotatable bonds is 8. The zero-order chi connectivity index (χ0) is 12.8. The second kappa shape index (κ2) is 6.64. The quantitative estimate of drug-likeness (QED) is 0.768. The lowest BCUT2D eigenvalue weighted by molar-refractivity contribution is 0.249. The molecule has 100 valence electrons. The van der Waals surface area contributed by atoms with Crippen LogP contribution in [0.2, 0.25) is 0 Å². The fourth-order valence-electron chi connectivity index (χ4n) is 2.05. The van der Waals surface area contributed by atoms with Crippen LogP contribution >= 0.6 is 0 Å². The van der Waals surface area contributed by atoms with Crippen molar-refractivity contribution in [2.24, 2.45) is 5.92 Å². The monoisotopic (exact) mass is 249 g/mol. The van der Waals surface area contributed by atoms with Crippen LogP contribution in [-0.4, -0.2) is 26.3 Å². The summed E-state index contributed by atoms with van der Waals surface area (Å²) in [6.45, 7) is 4.03. The Labute approximate surface area is 109 Å². The number of hydrogen-bond donors (Lipinski definition) is 1. The molecule has 3 heteroatoms. The van der Waals surface area contributed by atoms with Crippen LogP contribution in [0.3, 0.4) is 0 Å².